The van der Waals surface area contributed by atoms with Crippen LogP contribution in [0.2, 0.25) is 0 Å². The first-order chi connectivity index (χ1) is 11.5. The van der Waals surface area contributed by atoms with Crippen molar-refractivity contribution in [1.29, 1.82) is 0 Å². The second-order valence-corrected chi connectivity index (χ2v) is 5.02. The Morgan fingerprint density at radius 2 is 1.40 bits per heavy atom. The van der Waals surface area contributed by atoms with E-state index in [1.54, 1.807) is 0 Å². The zero-order chi connectivity index (χ0) is 18.8. The second kappa shape index (κ2) is 6.62. The van der Waals surface area contributed by atoms with Crippen molar-refractivity contribution < 1.29 is 36.2 Å². The summed E-state index contributed by atoms with van der Waals surface area (Å²) in [5.41, 5.74) is -3.72. The van der Waals surface area contributed by atoms with Gasteiger partial charge in [0.05, 0.1) is 11.1 Å². The first kappa shape index (κ1) is 18.6. The fourth-order valence-electron chi connectivity index (χ4n) is 2.27. The number of halogens is 6. The van der Waals surface area contributed by atoms with Gasteiger partial charge in [-0.25, -0.2) is 4.79 Å². The molecule has 1 N–H and O–H groups in total. The molecule has 2 aromatic carbocycles. The van der Waals surface area contributed by atoms with Gasteiger partial charge in [-0.15, -0.1) is 0 Å². The molecule has 0 spiro atoms. The maximum atomic E-state index is 13.2. The summed E-state index contributed by atoms with van der Waals surface area (Å²) in [5.74, 6) is -1.34. The van der Waals surface area contributed by atoms with E-state index < -0.39 is 40.6 Å². The molecule has 25 heavy (non-hydrogen) atoms. The van der Waals surface area contributed by atoms with E-state index in [-0.39, 0.29) is 5.56 Å². The Morgan fingerprint density at radius 3 is 1.96 bits per heavy atom. The standard InChI is InChI=1S/C17H10F6O2/c18-16(19,20)13-4-2-1-3-11(13)12-9-10(6-8-15(24)25)5-7-14(12)17(21,22)23/h1-9H,(H,24,25)/b8-6+. The van der Waals surface area contributed by atoms with Crippen LogP contribution in [0.4, 0.5) is 26.3 Å². The third-order valence-corrected chi connectivity index (χ3v) is 3.29. The van der Waals surface area contributed by atoms with E-state index in [9.17, 15) is 31.1 Å². The van der Waals surface area contributed by atoms with Crippen LogP contribution >= 0.6 is 0 Å². The molecule has 0 bridgehead atoms. The summed E-state index contributed by atoms with van der Waals surface area (Å²) < 4.78 is 79.1. The summed E-state index contributed by atoms with van der Waals surface area (Å²) in [6, 6.07) is 6.41. The molecule has 0 fully saturated rings. The fourth-order valence-corrected chi connectivity index (χ4v) is 2.27. The number of rotatable bonds is 3. The van der Waals surface area contributed by atoms with Crippen LogP contribution in [0.15, 0.2) is 48.5 Å². The number of aliphatic carboxylic acids is 1. The molecule has 132 valence electrons. The lowest BCUT2D eigenvalue weighted by atomic mass is 9.93. The predicted octanol–water partition coefficient (Wildman–Crippen LogP) is 5.49. The third kappa shape index (κ3) is 4.40. The van der Waals surface area contributed by atoms with Crippen LogP contribution in [0.5, 0.6) is 0 Å². The minimum Gasteiger partial charge on any atom is -0.478 e. The van der Waals surface area contributed by atoms with Crippen LogP contribution in [0.1, 0.15) is 16.7 Å². The molecule has 2 nitrogen and oxygen atoms in total. The Kier molecular flexibility index (Phi) is 4.92. The lowest BCUT2D eigenvalue weighted by Crippen LogP contribution is -2.11. The van der Waals surface area contributed by atoms with E-state index in [1.165, 1.54) is 6.07 Å². The number of hydrogen-bond donors (Lipinski definition) is 1. The number of alkyl halides is 6. The van der Waals surface area contributed by atoms with Crippen LogP contribution in [-0.4, -0.2) is 11.1 Å². The first-order valence-electron chi connectivity index (χ1n) is 6.79. The molecule has 0 heterocycles. The molecule has 2 aromatic rings. The van der Waals surface area contributed by atoms with E-state index in [0.29, 0.717) is 18.2 Å². The summed E-state index contributed by atoms with van der Waals surface area (Å²) in [6.45, 7) is 0. The Hall–Kier alpha value is -2.77. The van der Waals surface area contributed by atoms with Gasteiger partial charge in [0.25, 0.3) is 0 Å². The van der Waals surface area contributed by atoms with E-state index in [2.05, 4.69) is 0 Å². The zero-order valence-electron chi connectivity index (χ0n) is 12.3. The minimum absolute atomic E-state index is 0.0300. The van der Waals surface area contributed by atoms with Crippen LogP contribution in [0.25, 0.3) is 17.2 Å². The van der Waals surface area contributed by atoms with Gasteiger partial charge in [-0.05, 0) is 41.0 Å². The molecule has 0 saturated heterocycles. The summed E-state index contributed by atoms with van der Waals surface area (Å²) in [4.78, 5) is 10.5. The molecule has 2 rings (SSSR count). The average molecular weight is 360 g/mol. The number of carbonyl (C=O) groups is 1. The predicted molar refractivity (Wildman–Crippen MR) is 78.6 cm³/mol. The lowest BCUT2D eigenvalue weighted by Gasteiger charge is -2.18. The summed E-state index contributed by atoms with van der Waals surface area (Å²) >= 11 is 0. The lowest BCUT2D eigenvalue weighted by molar-refractivity contribution is -0.139. The van der Waals surface area contributed by atoms with Gasteiger partial charge in [-0.1, -0.05) is 24.3 Å². The molecule has 0 amide bonds. The van der Waals surface area contributed by atoms with Gasteiger partial charge in [0.1, 0.15) is 0 Å². The molecule has 8 heteroatoms. The van der Waals surface area contributed by atoms with E-state index in [4.69, 9.17) is 5.11 Å². The fraction of sp³-hybridized carbons (Fsp3) is 0.118. The molecular weight excluding hydrogens is 350 g/mol. The van der Waals surface area contributed by atoms with Gasteiger partial charge in [-0.3, -0.25) is 0 Å². The maximum absolute atomic E-state index is 13.2. The van der Waals surface area contributed by atoms with Crippen LogP contribution in [0, 0.1) is 0 Å². The van der Waals surface area contributed by atoms with Crippen molar-refractivity contribution in [3.63, 3.8) is 0 Å². The highest BCUT2D eigenvalue weighted by atomic mass is 19.4. The molecule has 0 aromatic heterocycles. The second-order valence-electron chi connectivity index (χ2n) is 5.02. The number of carboxylic acids is 1. The van der Waals surface area contributed by atoms with Crippen molar-refractivity contribution >= 4 is 12.0 Å². The highest BCUT2D eigenvalue weighted by Crippen LogP contribution is 2.42. The molecule has 0 unspecified atom stereocenters. The smallest absolute Gasteiger partial charge is 0.417 e. The molecule has 0 atom stereocenters. The quantitative estimate of drug-likeness (QED) is 0.581. The van der Waals surface area contributed by atoms with Crippen molar-refractivity contribution in [2.45, 2.75) is 12.4 Å². The van der Waals surface area contributed by atoms with E-state index in [0.717, 1.165) is 30.3 Å². The van der Waals surface area contributed by atoms with Gasteiger partial charge < -0.3 is 5.11 Å². The number of benzene rings is 2. The third-order valence-electron chi connectivity index (χ3n) is 3.29. The van der Waals surface area contributed by atoms with Crippen molar-refractivity contribution in [2.24, 2.45) is 0 Å². The maximum Gasteiger partial charge on any atom is 0.417 e. The van der Waals surface area contributed by atoms with E-state index in [1.807, 2.05) is 0 Å². The molecule has 0 radical (unpaired) electrons. The molecule has 0 aliphatic rings. The monoisotopic (exact) mass is 360 g/mol. The van der Waals surface area contributed by atoms with Gasteiger partial charge in [0.15, 0.2) is 0 Å². The first-order valence-corrected chi connectivity index (χ1v) is 6.79. The van der Waals surface area contributed by atoms with Crippen LogP contribution in [0.3, 0.4) is 0 Å². The van der Waals surface area contributed by atoms with Gasteiger partial charge >= 0.3 is 18.3 Å². The molecule has 0 saturated carbocycles. The van der Waals surface area contributed by atoms with Crippen LogP contribution in [-0.2, 0) is 17.1 Å². The number of hydrogen-bond acceptors (Lipinski definition) is 1. The Morgan fingerprint density at radius 1 is 0.840 bits per heavy atom. The van der Waals surface area contributed by atoms with Crippen molar-refractivity contribution in [2.75, 3.05) is 0 Å². The summed E-state index contributed by atoms with van der Waals surface area (Å²) in [7, 11) is 0. The highest BCUT2D eigenvalue weighted by molar-refractivity contribution is 5.86. The Labute approximate surface area is 138 Å². The summed E-state index contributed by atoms with van der Waals surface area (Å²) in [5, 5.41) is 8.58. The average Bonchev–Trinajstić information content (AvgIpc) is 2.51. The molecular formula is C17H10F6O2. The Bertz CT molecular complexity index is 819. The summed E-state index contributed by atoms with van der Waals surface area (Å²) in [6.07, 6.45) is -8.03. The van der Waals surface area contributed by atoms with Crippen LogP contribution < -0.4 is 0 Å². The topological polar surface area (TPSA) is 37.3 Å². The minimum atomic E-state index is -4.87. The van der Waals surface area contributed by atoms with Crippen molar-refractivity contribution in [3.05, 3.63) is 65.2 Å². The van der Waals surface area contributed by atoms with E-state index >= 15 is 0 Å². The number of carboxylic acid groups (broad SMARTS) is 1. The molecule has 0 aliphatic heterocycles. The zero-order valence-corrected chi connectivity index (χ0v) is 12.3. The Balaban J connectivity index is 2.74. The normalized spacial score (nSPS) is 12.6. The van der Waals surface area contributed by atoms with Gasteiger partial charge in [0, 0.05) is 6.08 Å². The van der Waals surface area contributed by atoms with Crippen molar-refractivity contribution in [3.8, 4) is 11.1 Å². The van der Waals surface area contributed by atoms with Gasteiger partial charge in [0.2, 0.25) is 0 Å². The highest BCUT2D eigenvalue weighted by Gasteiger charge is 2.38. The molecule has 0 aliphatic carbocycles. The largest absolute Gasteiger partial charge is 0.478 e. The van der Waals surface area contributed by atoms with Crippen molar-refractivity contribution in [1.82, 2.24) is 0 Å². The van der Waals surface area contributed by atoms with Gasteiger partial charge in [-0.2, -0.15) is 26.3 Å². The SMILES string of the molecule is O=C(O)/C=C/c1ccc(C(F)(F)F)c(-c2ccccc2C(F)(F)F)c1.